The van der Waals surface area contributed by atoms with Crippen molar-refractivity contribution in [2.24, 2.45) is 11.5 Å². The van der Waals surface area contributed by atoms with Crippen molar-refractivity contribution in [1.29, 1.82) is 0 Å². The van der Waals surface area contributed by atoms with Crippen LogP contribution in [0.5, 0.6) is 5.75 Å². The number of benzene rings is 2. The van der Waals surface area contributed by atoms with E-state index in [-0.39, 0.29) is 38.4 Å². The average molecular weight is 658 g/mol. The number of carbonyl (C=O) groups is 3. The first-order valence-electron chi connectivity index (χ1n) is 12.2. The van der Waals surface area contributed by atoms with Gasteiger partial charge in [-0.15, -0.1) is 0 Å². The van der Waals surface area contributed by atoms with Crippen molar-refractivity contribution in [2.45, 2.75) is 17.1 Å². The van der Waals surface area contributed by atoms with Crippen LogP contribution in [0.3, 0.4) is 0 Å². The van der Waals surface area contributed by atoms with Crippen LogP contribution in [0.2, 0.25) is 5.02 Å². The Morgan fingerprint density at radius 2 is 1.65 bits per heavy atom. The number of sulfonamides is 2. The topological polar surface area (TPSA) is 229 Å². The van der Waals surface area contributed by atoms with Crippen molar-refractivity contribution < 1.29 is 40.4 Å². The van der Waals surface area contributed by atoms with Gasteiger partial charge in [-0.05, 0) is 43.3 Å². The van der Waals surface area contributed by atoms with Crippen molar-refractivity contribution in [3.05, 3.63) is 68.5 Å². The van der Waals surface area contributed by atoms with E-state index in [0.717, 1.165) is 24.1 Å². The third-order valence-corrected chi connectivity index (χ3v) is 9.93. The summed E-state index contributed by atoms with van der Waals surface area (Å²) in [5.41, 5.74) is 8.72. The van der Waals surface area contributed by atoms with Crippen LogP contribution in [-0.4, -0.2) is 78.2 Å². The third kappa shape index (κ3) is 7.14. The fraction of sp³-hybridized carbons (Fsp3) is 0.280. The highest BCUT2D eigenvalue weighted by molar-refractivity contribution is 7.90. The molecule has 1 heterocycles. The average Bonchev–Trinajstić information content (AvgIpc) is 2.91. The molecule has 0 saturated carbocycles. The largest absolute Gasteiger partial charge is 0.422 e. The lowest BCUT2D eigenvalue weighted by Gasteiger charge is -2.22. The SMILES string of the molecule is CNS(=O)(=O)C(c1cccc(S(=O)(=O)N(CC(N)=O)CC(N)=O)c1)c1c(C)c2cc(Cl)c(OC(=O)N(C)C)cc2oc1=O. The number of hydrogen-bond donors (Lipinski definition) is 3. The molecule has 0 saturated heterocycles. The summed E-state index contributed by atoms with van der Waals surface area (Å²) in [6, 6.07) is 7.09. The molecule has 3 aromatic rings. The third-order valence-electron chi connectivity index (χ3n) is 6.15. The van der Waals surface area contributed by atoms with E-state index >= 15 is 0 Å². The second-order valence-corrected chi connectivity index (χ2v) is 13.7. The van der Waals surface area contributed by atoms with Gasteiger partial charge in [0.05, 0.1) is 28.6 Å². The van der Waals surface area contributed by atoms with Crippen LogP contribution in [0.4, 0.5) is 4.79 Å². The van der Waals surface area contributed by atoms with Crippen LogP contribution in [0.1, 0.15) is 21.9 Å². The fourth-order valence-corrected chi connectivity index (χ4v) is 7.07. The lowest BCUT2D eigenvalue weighted by Crippen LogP contribution is -2.43. The van der Waals surface area contributed by atoms with Crippen LogP contribution < -0.4 is 26.6 Å². The van der Waals surface area contributed by atoms with Gasteiger partial charge < -0.3 is 25.5 Å². The molecular weight excluding hydrogens is 630 g/mol. The molecule has 0 aliphatic rings. The van der Waals surface area contributed by atoms with E-state index < -0.39 is 66.8 Å². The molecule has 0 fully saturated rings. The summed E-state index contributed by atoms with van der Waals surface area (Å²) in [7, 11) is -5.03. The van der Waals surface area contributed by atoms with Crippen molar-refractivity contribution in [3.63, 3.8) is 0 Å². The Kier molecular flexibility index (Phi) is 9.87. The number of rotatable bonds is 11. The molecule has 1 atom stereocenters. The van der Waals surface area contributed by atoms with Gasteiger partial charge in [0.1, 0.15) is 10.8 Å². The molecule has 5 N–H and O–H groups in total. The van der Waals surface area contributed by atoms with E-state index in [2.05, 4.69) is 4.72 Å². The minimum Gasteiger partial charge on any atom is -0.422 e. The Morgan fingerprint density at radius 1 is 1.05 bits per heavy atom. The van der Waals surface area contributed by atoms with Gasteiger partial charge in [-0.1, -0.05) is 23.7 Å². The molecule has 0 bridgehead atoms. The molecule has 3 amide bonds. The van der Waals surface area contributed by atoms with E-state index in [4.69, 9.17) is 32.2 Å². The maximum Gasteiger partial charge on any atom is 0.414 e. The number of primary amides is 2. The Morgan fingerprint density at radius 3 is 2.19 bits per heavy atom. The molecule has 1 aromatic heterocycles. The van der Waals surface area contributed by atoms with E-state index in [9.17, 15) is 36.0 Å². The molecule has 0 aliphatic carbocycles. The molecule has 0 aliphatic heterocycles. The summed E-state index contributed by atoms with van der Waals surface area (Å²) in [5, 5.41) is -1.65. The first kappa shape index (κ1) is 33.5. The zero-order valence-corrected chi connectivity index (χ0v) is 25.7. The first-order chi connectivity index (χ1) is 19.9. The maximum absolute atomic E-state index is 13.4. The lowest BCUT2D eigenvalue weighted by atomic mass is 9.99. The Hall–Kier alpha value is -4.03. The molecule has 232 valence electrons. The summed E-state index contributed by atoms with van der Waals surface area (Å²) >= 11 is 6.32. The molecule has 0 radical (unpaired) electrons. The van der Waals surface area contributed by atoms with Gasteiger partial charge in [-0.25, -0.2) is 31.1 Å². The second-order valence-electron chi connectivity index (χ2n) is 9.38. The Bertz CT molecular complexity index is 1880. The van der Waals surface area contributed by atoms with Crippen LogP contribution in [0, 0.1) is 6.92 Å². The van der Waals surface area contributed by atoms with Crippen LogP contribution in [0.15, 0.2) is 50.5 Å². The number of fused-ring (bicyclic) bond motifs is 1. The maximum atomic E-state index is 13.4. The number of carbonyl (C=O) groups excluding carboxylic acids is 3. The molecule has 0 spiro atoms. The first-order valence-corrected chi connectivity index (χ1v) is 15.5. The zero-order chi connectivity index (χ0) is 32.4. The van der Waals surface area contributed by atoms with Gasteiger partial charge in [0, 0.05) is 25.5 Å². The van der Waals surface area contributed by atoms with Gasteiger partial charge in [0.2, 0.25) is 31.9 Å². The van der Waals surface area contributed by atoms with E-state index in [1.807, 2.05) is 0 Å². The van der Waals surface area contributed by atoms with Crippen LogP contribution in [-0.2, 0) is 29.6 Å². The fourth-order valence-electron chi connectivity index (χ4n) is 4.11. The van der Waals surface area contributed by atoms with Gasteiger partial charge in [0.25, 0.3) is 0 Å². The van der Waals surface area contributed by atoms with Gasteiger partial charge in [0.15, 0.2) is 5.75 Å². The monoisotopic (exact) mass is 657 g/mol. The summed E-state index contributed by atoms with van der Waals surface area (Å²) in [6.07, 6.45) is -0.753. The van der Waals surface area contributed by atoms with Crippen molar-refractivity contribution in [3.8, 4) is 5.75 Å². The summed E-state index contributed by atoms with van der Waals surface area (Å²) in [6.45, 7) is -0.321. The van der Waals surface area contributed by atoms with E-state index in [0.29, 0.717) is 4.31 Å². The van der Waals surface area contributed by atoms with Crippen molar-refractivity contribution >= 4 is 60.5 Å². The molecule has 43 heavy (non-hydrogen) atoms. The Labute approximate surface area is 251 Å². The number of aryl methyl sites for hydroxylation is 1. The number of nitrogens with zero attached hydrogens (tertiary/aromatic N) is 2. The number of ether oxygens (including phenoxy) is 1. The van der Waals surface area contributed by atoms with Crippen LogP contribution >= 0.6 is 11.6 Å². The summed E-state index contributed by atoms with van der Waals surface area (Å²) in [5.74, 6) is -2.25. The van der Waals surface area contributed by atoms with Gasteiger partial charge >= 0.3 is 11.7 Å². The molecule has 2 aromatic carbocycles. The highest BCUT2D eigenvalue weighted by Gasteiger charge is 2.35. The summed E-state index contributed by atoms with van der Waals surface area (Å²) < 4.78 is 66.6. The number of nitrogens with one attached hydrogen (secondary N) is 1. The second kappa shape index (κ2) is 12.7. The standard InChI is InChI=1S/C25H28ClN5O10S2/c1-13-16-9-17(26)19(41-25(35)30(3)4)10-18(16)40-24(34)22(13)23(42(36,37)29-2)14-6-5-7-15(8-14)43(38,39)31(11-20(27)32)12-21(28)33/h5-10,23,29H,11-12H2,1-4H3,(H2,27,32)(H2,28,33). The highest BCUT2D eigenvalue weighted by atomic mass is 35.5. The minimum atomic E-state index is -4.61. The number of halogens is 1. The minimum absolute atomic E-state index is 0.0456. The normalized spacial score (nSPS) is 12.7. The predicted molar refractivity (Wildman–Crippen MR) is 155 cm³/mol. The van der Waals surface area contributed by atoms with Crippen molar-refractivity contribution in [1.82, 2.24) is 13.9 Å². The summed E-state index contributed by atoms with van der Waals surface area (Å²) in [4.78, 5) is 49.0. The smallest absolute Gasteiger partial charge is 0.414 e. The van der Waals surface area contributed by atoms with Gasteiger partial charge in [-0.3, -0.25) is 9.59 Å². The van der Waals surface area contributed by atoms with Crippen molar-refractivity contribution in [2.75, 3.05) is 34.2 Å². The molecule has 1 unspecified atom stereocenters. The van der Waals surface area contributed by atoms with Crippen LogP contribution in [0.25, 0.3) is 11.0 Å². The highest BCUT2D eigenvalue weighted by Crippen LogP contribution is 2.37. The molecule has 15 nitrogen and oxygen atoms in total. The lowest BCUT2D eigenvalue weighted by molar-refractivity contribution is -0.120. The number of hydrogen-bond acceptors (Lipinski definition) is 10. The van der Waals surface area contributed by atoms with E-state index in [1.54, 1.807) is 0 Å². The quantitative estimate of drug-likeness (QED) is 0.240. The zero-order valence-electron chi connectivity index (χ0n) is 23.3. The predicted octanol–water partition coefficient (Wildman–Crippen LogP) is 0.415. The van der Waals surface area contributed by atoms with Gasteiger partial charge in [-0.2, -0.15) is 4.31 Å². The van der Waals surface area contributed by atoms with E-state index in [1.165, 1.54) is 45.3 Å². The molecule has 3 rings (SSSR count). The number of amides is 3. The Balaban J connectivity index is 2.27. The molecular formula is C25H28ClN5O10S2. The molecule has 18 heteroatoms. The number of nitrogens with two attached hydrogens (primary N) is 2.